The summed E-state index contributed by atoms with van der Waals surface area (Å²) in [7, 11) is 1.10. The summed E-state index contributed by atoms with van der Waals surface area (Å²) in [6, 6.07) is 4.45. The van der Waals surface area contributed by atoms with E-state index < -0.39 is 11.9 Å². The van der Waals surface area contributed by atoms with Crippen LogP contribution in [-0.2, 0) is 14.3 Å². The van der Waals surface area contributed by atoms with Crippen LogP contribution in [-0.4, -0.2) is 24.1 Å². The van der Waals surface area contributed by atoms with Gasteiger partial charge in [0.05, 0.1) is 12.8 Å². The van der Waals surface area contributed by atoms with Crippen LogP contribution >= 0.6 is 15.9 Å². The zero-order valence-corrected chi connectivity index (χ0v) is 9.37. The number of rotatable bonds is 1. The first-order valence-corrected chi connectivity index (χ1v) is 4.71. The van der Waals surface area contributed by atoms with Gasteiger partial charge < -0.3 is 15.2 Å². The maximum atomic E-state index is 11.1. The van der Waals surface area contributed by atoms with Crippen LogP contribution in [0.2, 0.25) is 0 Å². The normalized spacial score (nSPS) is 9.47. The van der Waals surface area contributed by atoms with Gasteiger partial charge in [0.2, 0.25) is 0 Å². The van der Waals surface area contributed by atoms with E-state index in [2.05, 4.69) is 26.0 Å². The van der Waals surface area contributed by atoms with Crippen molar-refractivity contribution in [1.82, 2.24) is 0 Å². The van der Waals surface area contributed by atoms with Crippen LogP contribution in [0, 0.1) is 0 Å². The molecule has 0 saturated heterocycles. The van der Waals surface area contributed by atoms with Crippen LogP contribution in [0.1, 0.15) is 0 Å². The number of benzene rings is 1. The average Bonchev–Trinajstić information content (AvgIpc) is 2.22. The summed E-state index contributed by atoms with van der Waals surface area (Å²) in [5.41, 5.74) is 0.139. The van der Waals surface area contributed by atoms with Crippen molar-refractivity contribution in [3.05, 3.63) is 22.7 Å². The maximum Gasteiger partial charge on any atom is 0.396 e. The number of hydrogen-bond acceptors (Lipinski definition) is 4. The highest BCUT2D eigenvalue weighted by Crippen LogP contribution is 2.26. The third-order valence-electron chi connectivity index (χ3n) is 1.58. The molecule has 0 atom stereocenters. The lowest BCUT2D eigenvalue weighted by Gasteiger charge is -2.05. The Morgan fingerprint density at radius 1 is 1.47 bits per heavy atom. The Labute approximate surface area is 94.2 Å². The minimum Gasteiger partial charge on any atom is -0.506 e. The number of phenolic OH excluding ortho intramolecular Hbond substituents is 1. The molecule has 1 rings (SSSR count). The van der Waals surface area contributed by atoms with Crippen molar-refractivity contribution in [1.29, 1.82) is 0 Å². The largest absolute Gasteiger partial charge is 0.506 e. The number of amides is 1. The van der Waals surface area contributed by atoms with Crippen molar-refractivity contribution in [2.75, 3.05) is 12.4 Å². The molecule has 0 aromatic heterocycles. The van der Waals surface area contributed by atoms with Crippen LogP contribution < -0.4 is 5.32 Å². The van der Waals surface area contributed by atoms with Gasteiger partial charge in [-0.25, -0.2) is 4.79 Å². The van der Waals surface area contributed by atoms with Gasteiger partial charge in [-0.3, -0.25) is 4.79 Å². The fourth-order valence-electron chi connectivity index (χ4n) is 0.874. The van der Waals surface area contributed by atoms with Gasteiger partial charge in [0.1, 0.15) is 5.75 Å². The molecule has 0 saturated carbocycles. The molecule has 0 heterocycles. The summed E-state index contributed by atoms with van der Waals surface area (Å²) in [6.07, 6.45) is 0. The smallest absolute Gasteiger partial charge is 0.396 e. The summed E-state index contributed by atoms with van der Waals surface area (Å²) in [4.78, 5) is 21.9. The molecule has 0 bridgehead atoms. The van der Waals surface area contributed by atoms with Gasteiger partial charge in [-0.1, -0.05) is 15.9 Å². The summed E-state index contributed by atoms with van der Waals surface area (Å²) in [5.74, 6) is -2.09. The first-order valence-electron chi connectivity index (χ1n) is 3.92. The van der Waals surface area contributed by atoms with E-state index in [1.807, 2.05) is 0 Å². The van der Waals surface area contributed by atoms with Crippen LogP contribution in [0.5, 0.6) is 5.75 Å². The second kappa shape index (κ2) is 4.79. The average molecular weight is 274 g/mol. The van der Waals surface area contributed by atoms with E-state index in [0.717, 1.165) is 7.11 Å². The van der Waals surface area contributed by atoms with Crippen LogP contribution in [0.25, 0.3) is 0 Å². The SMILES string of the molecule is COC(=O)C(=O)Nc1cc(Br)ccc1O. The summed E-state index contributed by atoms with van der Waals surface area (Å²) >= 11 is 3.16. The van der Waals surface area contributed by atoms with Crippen LogP contribution in [0.3, 0.4) is 0 Å². The number of ether oxygens (including phenoxy) is 1. The van der Waals surface area contributed by atoms with Gasteiger partial charge in [-0.05, 0) is 18.2 Å². The predicted molar refractivity (Wildman–Crippen MR) is 56.5 cm³/mol. The van der Waals surface area contributed by atoms with Gasteiger partial charge in [0, 0.05) is 4.47 Å². The minimum absolute atomic E-state index is 0.129. The third kappa shape index (κ3) is 2.95. The van der Waals surface area contributed by atoms with E-state index >= 15 is 0 Å². The molecule has 0 aliphatic carbocycles. The number of esters is 1. The first kappa shape index (κ1) is 11.5. The zero-order valence-electron chi connectivity index (χ0n) is 7.78. The molecule has 6 heteroatoms. The molecule has 80 valence electrons. The number of methoxy groups -OCH3 is 1. The van der Waals surface area contributed by atoms with E-state index in [4.69, 9.17) is 0 Å². The zero-order chi connectivity index (χ0) is 11.4. The van der Waals surface area contributed by atoms with Crippen LogP contribution in [0.15, 0.2) is 22.7 Å². The molecule has 0 unspecified atom stereocenters. The first-order chi connectivity index (χ1) is 7.04. The molecule has 0 spiro atoms. The quantitative estimate of drug-likeness (QED) is 0.459. The lowest BCUT2D eigenvalue weighted by molar-refractivity contribution is -0.150. The summed E-state index contributed by atoms with van der Waals surface area (Å²) < 4.78 is 4.88. The molecule has 0 aliphatic rings. The molecular formula is C9H8BrNO4. The molecular weight excluding hydrogens is 266 g/mol. The van der Waals surface area contributed by atoms with Crippen molar-refractivity contribution in [3.8, 4) is 5.75 Å². The Morgan fingerprint density at radius 2 is 2.13 bits per heavy atom. The Morgan fingerprint density at radius 3 is 2.73 bits per heavy atom. The standard InChI is InChI=1S/C9H8BrNO4/c1-15-9(14)8(13)11-6-4-5(10)2-3-7(6)12/h2-4,12H,1H3,(H,11,13). The van der Waals surface area contributed by atoms with E-state index in [1.165, 1.54) is 12.1 Å². The number of nitrogens with one attached hydrogen (secondary N) is 1. The minimum atomic E-state index is -1.02. The summed E-state index contributed by atoms with van der Waals surface area (Å²) in [5, 5.41) is 11.6. The van der Waals surface area contributed by atoms with E-state index in [1.54, 1.807) is 6.07 Å². The van der Waals surface area contributed by atoms with Gasteiger partial charge in [-0.2, -0.15) is 0 Å². The van der Waals surface area contributed by atoms with Gasteiger partial charge >= 0.3 is 11.9 Å². The highest BCUT2D eigenvalue weighted by molar-refractivity contribution is 9.10. The highest BCUT2D eigenvalue weighted by Gasteiger charge is 2.15. The number of carbonyl (C=O) groups excluding carboxylic acids is 2. The number of hydrogen-bond donors (Lipinski definition) is 2. The molecule has 15 heavy (non-hydrogen) atoms. The van der Waals surface area contributed by atoms with Crippen molar-refractivity contribution < 1.29 is 19.4 Å². The van der Waals surface area contributed by atoms with Crippen LogP contribution in [0.4, 0.5) is 5.69 Å². The highest BCUT2D eigenvalue weighted by atomic mass is 79.9. The predicted octanol–water partition coefficient (Wildman–Crippen LogP) is 1.27. The van der Waals surface area contributed by atoms with Crippen molar-refractivity contribution in [2.24, 2.45) is 0 Å². The Bertz CT molecular complexity index is 405. The number of anilines is 1. The van der Waals surface area contributed by atoms with Gasteiger partial charge in [0.15, 0.2) is 0 Å². The fraction of sp³-hybridized carbons (Fsp3) is 0.111. The molecule has 1 amide bonds. The molecule has 0 fully saturated rings. The molecule has 1 aromatic carbocycles. The number of aromatic hydroxyl groups is 1. The number of carbonyl (C=O) groups is 2. The van der Waals surface area contributed by atoms with Crippen molar-refractivity contribution in [2.45, 2.75) is 0 Å². The lowest BCUT2D eigenvalue weighted by Crippen LogP contribution is -2.23. The lowest BCUT2D eigenvalue weighted by atomic mass is 10.3. The topological polar surface area (TPSA) is 75.6 Å². The second-order valence-electron chi connectivity index (χ2n) is 2.61. The molecule has 2 N–H and O–H groups in total. The Balaban J connectivity index is 2.85. The second-order valence-corrected chi connectivity index (χ2v) is 3.52. The van der Waals surface area contributed by atoms with Crippen molar-refractivity contribution in [3.63, 3.8) is 0 Å². The van der Waals surface area contributed by atoms with E-state index in [9.17, 15) is 14.7 Å². The molecule has 0 aliphatic heterocycles. The van der Waals surface area contributed by atoms with E-state index in [0.29, 0.717) is 4.47 Å². The molecule has 5 nitrogen and oxygen atoms in total. The van der Waals surface area contributed by atoms with Crippen molar-refractivity contribution >= 4 is 33.5 Å². The molecule has 0 radical (unpaired) electrons. The third-order valence-corrected chi connectivity index (χ3v) is 2.07. The van der Waals surface area contributed by atoms with Gasteiger partial charge in [0.25, 0.3) is 0 Å². The molecule has 1 aromatic rings. The van der Waals surface area contributed by atoms with Gasteiger partial charge in [-0.15, -0.1) is 0 Å². The Kier molecular flexibility index (Phi) is 3.68. The fourth-order valence-corrected chi connectivity index (χ4v) is 1.24. The number of halogens is 1. The van der Waals surface area contributed by atoms with E-state index in [-0.39, 0.29) is 11.4 Å². The maximum absolute atomic E-state index is 11.1. The summed E-state index contributed by atoms with van der Waals surface area (Å²) in [6.45, 7) is 0. The monoisotopic (exact) mass is 273 g/mol. The Hall–Kier alpha value is -1.56. The number of phenols is 1.